The molecule has 0 aliphatic carbocycles. The Morgan fingerprint density at radius 1 is 0.947 bits per heavy atom. The molecule has 0 unspecified atom stereocenters. The van der Waals surface area contributed by atoms with E-state index in [4.69, 9.17) is 16.0 Å². The number of anilines is 2. The quantitative estimate of drug-likeness (QED) is 0.592. The molecule has 0 aliphatic heterocycles. The lowest BCUT2D eigenvalue weighted by atomic mass is 10.3. The molecular formula is C12H12N2O3S2. The maximum atomic E-state index is 11.1. The summed E-state index contributed by atoms with van der Waals surface area (Å²) in [6, 6.07) is 12.2. The van der Waals surface area contributed by atoms with Crippen molar-refractivity contribution in [2.75, 3.05) is 11.5 Å². The van der Waals surface area contributed by atoms with Gasteiger partial charge < -0.3 is 11.5 Å². The first-order chi connectivity index (χ1) is 8.89. The lowest BCUT2D eigenvalue weighted by Crippen LogP contribution is -2.06. The van der Waals surface area contributed by atoms with E-state index in [0.29, 0.717) is 4.90 Å². The molecule has 5 N–H and O–H groups in total. The molecule has 0 fully saturated rings. The Kier molecular flexibility index (Phi) is 3.70. The second-order valence-electron chi connectivity index (χ2n) is 3.78. The first-order valence-corrected chi connectivity index (χ1v) is 7.53. The van der Waals surface area contributed by atoms with Gasteiger partial charge in [0.15, 0.2) is 0 Å². The number of nitrogen functional groups attached to an aromatic ring is 2. The van der Waals surface area contributed by atoms with E-state index in [1.165, 1.54) is 23.9 Å². The fourth-order valence-corrected chi connectivity index (χ4v) is 3.06. The largest absolute Gasteiger partial charge is 0.396 e. The van der Waals surface area contributed by atoms with E-state index in [9.17, 15) is 8.42 Å². The number of benzene rings is 2. The van der Waals surface area contributed by atoms with Gasteiger partial charge in [0.1, 0.15) is 4.90 Å². The summed E-state index contributed by atoms with van der Waals surface area (Å²) in [6.07, 6.45) is 0. The number of hydrogen-bond donors (Lipinski definition) is 3. The van der Waals surface area contributed by atoms with Crippen molar-refractivity contribution in [3.63, 3.8) is 0 Å². The zero-order valence-electron chi connectivity index (χ0n) is 9.78. The van der Waals surface area contributed by atoms with Crippen LogP contribution >= 0.6 is 11.8 Å². The van der Waals surface area contributed by atoms with E-state index in [0.717, 1.165) is 4.90 Å². The summed E-state index contributed by atoms with van der Waals surface area (Å²) in [5.41, 5.74) is 11.5. The summed E-state index contributed by atoms with van der Waals surface area (Å²) in [5.74, 6) is 0. The fraction of sp³-hybridized carbons (Fsp3) is 0. The minimum absolute atomic E-state index is 0.136. The maximum Gasteiger partial charge on any atom is 0.296 e. The van der Waals surface area contributed by atoms with E-state index < -0.39 is 10.1 Å². The van der Waals surface area contributed by atoms with Crippen molar-refractivity contribution < 1.29 is 13.0 Å². The van der Waals surface area contributed by atoms with Crippen LogP contribution in [0.2, 0.25) is 0 Å². The number of rotatable bonds is 3. The molecular weight excluding hydrogens is 284 g/mol. The van der Waals surface area contributed by atoms with Gasteiger partial charge in [-0.2, -0.15) is 8.42 Å². The molecule has 7 heteroatoms. The molecule has 0 amide bonds. The highest BCUT2D eigenvalue weighted by Crippen LogP contribution is 2.37. The molecule has 19 heavy (non-hydrogen) atoms. The minimum atomic E-state index is -4.36. The summed E-state index contributed by atoms with van der Waals surface area (Å²) in [5, 5.41) is 0. The lowest BCUT2D eigenvalue weighted by molar-refractivity contribution is 0.483. The Balaban J connectivity index is 2.43. The molecule has 2 aromatic carbocycles. The third-order valence-corrected chi connectivity index (χ3v) is 4.45. The zero-order chi connectivity index (χ0) is 14.0. The van der Waals surface area contributed by atoms with Crippen molar-refractivity contribution in [2.45, 2.75) is 14.7 Å². The minimum Gasteiger partial charge on any atom is -0.396 e. The van der Waals surface area contributed by atoms with Crippen LogP contribution in [-0.4, -0.2) is 13.0 Å². The van der Waals surface area contributed by atoms with Crippen LogP contribution in [0.25, 0.3) is 0 Å². The topological polar surface area (TPSA) is 106 Å². The van der Waals surface area contributed by atoms with Gasteiger partial charge in [-0.05, 0) is 24.3 Å². The van der Waals surface area contributed by atoms with Crippen molar-refractivity contribution in [2.24, 2.45) is 0 Å². The van der Waals surface area contributed by atoms with Gasteiger partial charge in [-0.15, -0.1) is 0 Å². The van der Waals surface area contributed by atoms with Crippen LogP contribution in [0.15, 0.2) is 57.2 Å². The lowest BCUT2D eigenvalue weighted by Gasteiger charge is -2.10. The van der Waals surface area contributed by atoms with Gasteiger partial charge in [-0.1, -0.05) is 30.0 Å². The molecule has 100 valence electrons. The van der Waals surface area contributed by atoms with Gasteiger partial charge in [-0.25, -0.2) is 0 Å². The summed E-state index contributed by atoms with van der Waals surface area (Å²) in [6.45, 7) is 0. The molecule has 2 rings (SSSR count). The predicted molar refractivity (Wildman–Crippen MR) is 75.6 cm³/mol. The fourth-order valence-electron chi connectivity index (χ4n) is 1.53. The van der Waals surface area contributed by atoms with E-state index in [-0.39, 0.29) is 16.3 Å². The van der Waals surface area contributed by atoms with Gasteiger partial charge in [-0.3, -0.25) is 4.55 Å². The Morgan fingerprint density at radius 3 is 2.16 bits per heavy atom. The molecule has 0 bridgehead atoms. The van der Waals surface area contributed by atoms with Crippen LogP contribution in [0.3, 0.4) is 0 Å². The van der Waals surface area contributed by atoms with Gasteiger partial charge in [0.2, 0.25) is 0 Å². The highest BCUT2D eigenvalue weighted by atomic mass is 32.2. The predicted octanol–water partition coefficient (Wildman–Crippen LogP) is 2.25. The molecule has 2 aromatic rings. The monoisotopic (exact) mass is 296 g/mol. The van der Waals surface area contributed by atoms with Crippen LogP contribution in [0.1, 0.15) is 0 Å². The normalized spacial score (nSPS) is 11.4. The standard InChI is InChI=1S/C12H12N2O3S2/c13-11-9(18-8-4-2-1-3-5-8)6-7-10(12(11)14)19(15,16)17/h1-7H,13-14H2,(H,15,16,17). The highest BCUT2D eigenvalue weighted by molar-refractivity contribution is 7.99. The van der Waals surface area contributed by atoms with Crippen molar-refractivity contribution in [1.29, 1.82) is 0 Å². The molecule has 5 nitrogen and oxygen atoms in total. The van der Waals surface area contributed by atoms with Crippen molar-refractivity contribution in [1.82, 2.24) is 0 Å². The molecule has 0 heterocycles. The van der Waals surface area contributed by atoms with Crippen molar-refractivity contribution in [3.8, 4) is 0 Å². The zero-order valence-corrected chi connectivity index (χ0v) is 11.4. The first kappa shape index (κ1) is 13.7. The Hall–Kier alpha value is -1.70. The summed E-state index contributed by atoms with van der Waals surface area (Å²) >= 11 is 1.37. The summed E-state index contributed by atoms with van der Waals surface area (Å²) in [4.78, 5) is 1.21. The average Bonchev–Trinajstić information content (AvgIpc) is 2.35. The second kappa shape index (κ2) is 5.12. The Bertz CT molecular complexity index is 700. The molecule has 0 saturated carbocycles. The van der Waals surface area contributed by atoms with E-state index >= 15 is 0 Å². The van der Waals surface area contributed by atoms with Crippen LogP contribution in [0.4, 0.5) is 11.4 Å². The van der Waals surface area contributed by atoms with Crippen LogP contribution < -0.4 is 11.5 Å². The van der Waals surface area contributed by atoms with E-state index in [2.05, 4.69) is 0 Å². The molecule has 0 atom stereocenters. The Morgan fingerprint density at radius 2 is 1.58 bits per heavy atom. The van der Waals surface area contributed by atoms with Crippen LogP contribution in [0.5, 0.6) is 0 Å². The summed E-state index contributed by atoms with van der Waals surface area (Å²) < 4.78 is 31.2. The highest BCUT2D eigenvalue weighted by Gasteiger charge is 2.18. The van der Waals surface area contributed by atoms with Gasteiger partial charge in [0.25, 0.3) is 10.1 Å². The average molecular weight is 296 g/mol. The van der Waals surface area contributed by atoms with Crippen LogP contribution in [-0.2, 0) is 10.1 Å². The number of nitrogens with two attached hydrogens (primary N) is 2. The first-order valence-electron chi connectivity index (χ1n) is 5.28. The number of hydrogen-bond acceptors (Lipinski definition) is 5. The maximum absolute atomic E-state index is 11.1. The van der Waals surface area contributed by atoms with Gasteiger partial charge >= 0.3 is 0 Å². The molecule has 0 saturated heterocycles. The second-order valence-corrected chi connectivity index (χ2v) is 6.28. The summed E-state index contributed by atoms with van der Waals surface area (Å²) in [7, 11) is -4.36. The molecule has 0 radical (unpaired) electrons. The molecule has 0 aliphatic rings. The molecule has 0 aromatic heterocycles. The van der Waals surface area contributed by atoms with E-state index in [1.807, 2.05) is 30.3 Å². The van der Waals surface area contributed by atoms with Gasteiger partial charge in [0.05, 0.1) is 11.4 Å². The van der Waals surface area contributed by atoms with E-state index in [1.54, 1.807) is 0 Å². The Labute approximate surface area is 115 Å². The van der Waals surface area contributed by atoms with Crippen molar-refractivity contribution in [3.05, 3.63) is 42.5 Å². The third-order valence-electron chi connectivity index (χ3n) is 2.46. The smallest absolute Gasteiger partial charge is 0.296 e. The third kappa shape index (κ3) is 3.01. The van der Waals surface area contributed by atoms with Crippen molar-refractivity contribution >= 4 is 33.3 Å². The van der Waals surface area contributed by atoms with Crippen LogP contribution in [0, 0.1) is 0 Å². The SMILES string of the molecule is Nc1c(Sc2ccccc2)ccc(S(=O)(=O)O)c1N. The molecule has 0 spiro atoms. The van der Waals surface area contributed by atoms with Gasteiger partial charge in [0, 0.05) is 9.79 Å².